The van der Waals surface area contributed by atoms with Gasteiger partial charge < -0.3 is 4.98 Å². The average Bonchev–Trinajstić information content (AvgIpc) is 2.38. The number of hydrogen-bond acceptors (Lipinski definition) is 2. The molecule has 3 nitrogen and oxygen atoms in total. The van der Waals surface area contributed by atoms with E-state index < -0.39 is 0 Å². The lowest BCUT2D eigenvalue weighted by molar-refractivity contribution is 1.12. The average molecular weight is 222 g/mol. The Hall–Kier alpha value is -2.42. The second-order valence-electron chi connectivity index (χ2n) is 3.86. The molecule has 0 saturated heterocycles. The van der Waals surface area contributed by atoms with Gasteiger partial charge in [-0.25, -0.2) is 4.98 Å². The van der Waals surface area contributed by atoms with Crippen molar-refractivity contribution in [1.82, 2.24) is 9.97 Å². The third kappa shape index (κ3) is 1.83. The first-order valence-corrected chi connectivity index (χ1v) is 5.37. The van der Waals surface area contributed by atoms with Gasteiger partial charge in [-0.15, -0.1) is 0 Å². The van der Waals surface area contributed by atoms with Crippen LogP contribution in [0.4, 0.5) is 0 Å². The highest BCUT2D eigenvalue weighted by Gasteiger charge is 2.01. The van der Waals surface area contributed by atoms with Crippen molar-refractivity contribution in [2.75, 3.05) is 0 Å². The Morgan fingerprint density at radius 2 is 1.76 bits per heavy atom. The monoisotopic (exact) mass is 222 g/mol. The maximum absolute atomic E-state index is 11.2. The van der Waals surface area contributed by atoms with Crippen molar-refractivity contribution in [3.63, 3.8) is 0 Å². The first kappa shape index (κ1) is 9.78. The van der Waals surface area contributed by atoms with Crippen molar-refractivity contribution in [3.05, 3.63) is 65.2 Å². The van der Waals surface area contributed by atoms with Gasteiger partial charge in [0.1, 0.15) is 0 Å². The zero-order chi connectivity index (χ0) is 11.7. The quantitative estimate of drug-likeness (QED) is 0.687. The Morgan fingerprint density at radius 1 is 0.941 bits per heavy atom. The van der Waals surface area contributed by atoms with Crippen LogP contribution in [0.3, 0.4) is 0 Å². The number of aromatic nitrogens is 2. The number of hydrogen-bond donors (Lipinski definition) is 1. The summed E-state index contributed by atoms with van der Waals surface area (Å²) in [5, 5.41) is 2.33. The molecule has 1 N–H and O–H groups in total. The van der Waals surface area contributed by atoms with Crippen LogP contribution in [0.15, 0.2) is 59.7 Å². The van der Waals surface area contributed by atoms with E-state index in [-0.39, 0.29) is 5.56 Å². The zero-order valence-electron chi connectivity index (χ0n) is 9.05. The molecule has 0 amide bonds. The van der Waals surface area contributed by atoms with Crippen LogP contribution < -0.4 is 5.56 Å². The van der Waals surface area contributed by atoms with E-state index in [4.69, 9.17) is 0 Å². The summed E-state index contributed by atoms with van der Waals surface area (Å²) in [5.74, 6) is 0. The van der Waals surface area contributed by atoms with Gasteiger partial charge in [0.2, 0.25) is 0 Å². The Labute approximate surface area is 97.8 Å². The summed E-state index contributed by atoms with van der Waals surface area (Å²) in [7, 11) is 0. The van der Waals surface area contributed by atoms with Crippen LogP contribution in [0, 0.1) is 0 Å². The number of rotatable bonds is 1. The Morgan fingerprint density at radius 3 is 2.59 bits per heavy atom. The van der Waals surface area contributed by atoms with Crippen LogP contribution in [-0.2, 0) is 0 Å². The highest BCUT2D eigenvalue weighted by Crippen LogP contribution is 2.21. The lowest BCUT2D eigenvalue weighted by atomic mass is 10.1. The highest BCUT2D eigenvalue weighted by atomic mass is 16.1. The molecule has 0 spiro atoms. The van der Waals surface area contributed by atoms with Gasteiger partial charge in [0, 0.05) is 11.6 Å². The van der Waals surface area contributed by atoms with Crippen LogP contribution >= 0.6 is 0 Å². The second-order valence-corrected chi connectivity index (χ2v) is 3.86. The lowest BCUT2D eigenvalue weighted by Crippen LogP contribution is -2.04. The summed E-state index contributed by atoms with van der Waals surface area (Å²) >= 11 is 0. The van der Waals surface area contributed by atoms with Crippen molar-refractivity contribution in [3.8, 4) is 11.3 Å². The van der Waals surface area contributed by atoms with E-state index in [0.29, 0.717) is 5.69 Å². The van der Waals surface area contributed by atoms with E-state index >= 15 is 0 Å². The molecule has 0 aliphatic rings. The summed E-state index contributed by atoms with van der Waals surface area (Å²) in [4.78, 5) is 17.9. The fraction of sp³-hybridized carbons (Fsp3) is 0. The molecule has 1 aromatic heterocycles. The third-order valence-electron chi connectivity index (χ3n) is 2.72. The number of nitrogens with zero attached hydrogens (tertiary/aromatic N) is 1. The molecule has 0 aliphatic heterocycles. The van der Waals surface area contributed by atoms with Crippen molar-refractivity contribution < 1.29 is 0 Å². The van der Waals surface area contributed by atoms with Gasteiger partial charge in [0.15, 0.2) is 0 Å². The maximum Gasteiger partial charge on any atom is 0.251 e. The Kier molecular flexibility index (Phi) is 2.22. The van der Waals surface area contributed by atoms with Crippen LogP contribution in [0.1, 0.15) is 0 Å². The highest BCUT2D eigenvalue weighted by molar-refractivity contribution is 5.86. The summed E-state index contributed by atoms with van der Waals surface area (Å²) in [6.45, 7) is 0. The SMILES string of the molecule is O=c1cc(-c2ccc3ccccc3c2)nc[nH]1. The van der Waals surface area contributed by atoms with Crippen molar-refractivity contribution in [2.24, 2.45) is 0 Å². The predicted octanol–water partition coefficient (Wildman–Crippen LogP) is 2.59. The molecule has 3 aromatic rings. The molecule has 3 heteroatoms. The van der Waals surface area contributed by atoms with Crippen LogP contribution in [-0.4, -0.2) is 9.97 Å². The number of fused-ring (bicyclic) bond motifs is 1. The van der Waals surface area contributed by atoms with Gasteiger partial charge in [-0.05, 0) is 16.8 Å². The minimum Gasteiger partial charge on any atom is -0.313 e. The second kappa shape index (κ2) is 3.87. The third-order valence-corrected chi connectivity index (χ3v) is 2.72. The minimum absolute atomic E-state index is 0.136. The molecular formula is C14H10N2O. The normalized spacial score (nSPS) is 10.6. The zero-order valence-corrected chi connectivity index (χ0v) is 9.05. The molecule has 0 radical (unpaired) electrons. The molecule has 2 aromatic carbocycles. The van der Waals surface area contributed by atoms with E-state index in [0.717, 1.165) is 10.9 Å². The molecule has 3 rings (SSSR count). The van der Waals surface area contributed by atoms with E-state index in [2.05, 4.69) is 16.0 Å². The van der Waals surface area contributed by atoms with Crippen molar-refractivity contribution >= 4 is 10.8 Å². The van der Waals surface area contributed by atoms with Gasteiger partial charge in [0.25, 0.3) is 5.56 Å². The summed E-state index contributed by atoms with van der Waals surface area (Å²) < 4.78 is 0. The van der Waals surface area contributed by atoms with Gasteiger partial charge in [-0.2, -0.15) is 0 Å². The maximum atomic E-state index is 11.2. The summed E-state index contributed by atoms with van der Waals surface area (Å²) in [6, 6.07) is 15.7. The molecule has 82 valence electrons. The first-order chi connectivity index (χ1) is 8.33. The number of benzene rings is 2. The van der Waals surface area contributed by atoms with Gasteiger partial charge in [-0.1, -0.05) is 36.4 Å². The molecule has 1 heterocycles. The number of nitrogens with one attached hydrogen (secondary N) is 1. The van der Waals surface area contributed by atoms with Crippen LogP contribution in [0.25, 0.3) is 22.0 Å². The smallest absolute Gasteiger partial charge is 0.251 e. The van der Waals surface area contributed by atoms with E-state index in [1.807, 2.05) is 36.4 Å². The molecule has 0 fully saturated rings. The topological polar surface area (TPSA) is 45.8 Å². The summed E-state index contributed by atoms with van der Waals surface area (Å²) in [5.41, 5.74) is 1.51. The molecule has 17 heavy (non-hydrogen) atoms. The van der Waals surface area contributed by atoms with E-state index in [1.54, 1.807) is 0 Å². The van der Waals surface area contributed by atoms with Crippen LogP contribution in [0.5, 0.6) is 0 Å². The lowest BCUT2D eigenvalue weighted by Gasteiger charge is -2.02. The Balaban J connectivity index is 2.21. The molecule has 0 bridgehead atoms. The number of H-pyrrole nitrogens is 1. The van der Waals surface area contributed by atoms with Gasteiger partial charge >= 0.3 is 0 Å². The van der Waals surface area contributed by atoms with Gasteiger partial charge in [-0.3, -0.25) is 4.79 Å². The molecule has 0 aliphatic carbocycles. The largest absolute Gasteiger partial charge is 0.313 e. The van der Waals surface area contributed by atoms with Crippen LogP contribution in [0.2, 0.25) is 0 Å². The van der Waals surface area contributed by atoms with Crippen molar-refractivity contribution in [2.45, 2.75) is 0 Å². The summed E-state index contributed by atoms with van der Waals surface area (Å²) in [6.07, 6.45) is 1.42. The first-order valence-electron chi connectivity index (χ1n) is 5.37. The van der Waals surface area contributed by atoms with Crippen molar-refractivity contribution in [1.29, 1.82) is 0 Å². The van der Waals surface area contributed by atoms with Gasteiger partial charge in [0.05, 0.1) is 12.0 Å². The van der Waals surface area contributed by atoms with E-state index in [1.165, 1.54) is 17.8 Å². The standard InChI is InChI=1S/C14H10N2O/c17-14-8-13(15-9-16-14)12-6-5-10-3-1-2-4-11(10)7-12/h1-9H,(H,15,16,17). The number of aromatic amines is 1. The fourth-order valence-corrected chi connectivity index (χ4v) is 1.88. The molecule has 0 saturated carbocycles. The Bertz CT molecular complexity index is 731. The molecule has 0 unspecified atom stereocenters. The van der Waals surface area contributed by atoms with E-state index in [9.17, 15) is 4.79 Å². The predicted molar refractivity (Wildman–Crippen MR) is 67.8 cm³/mol. The molecular weight excluding hydrogens is 212 g/mol. The fourth-order valence-electron chi connectivity index (χ4n) is 1.88. The minimum atomic E-state index is -0.136. The molecule has 0 atom stereocenters.